The van der Waals surface area contributed by atoms with E-state index in [9.17, 15) is 23.1 Å². The van der Waals surface area contributed by atoms with Gasteiger partial charge in [-0.3, -0.25) is 4.79 Å². The van der Waals surface area contributed by atoms with Crippen LogP contribution in [0.2, 0.25) is 0 Å². The Morgan fingerprint density at radius 1 is 1.43 bits per heavy atom. The number of carbonyl (C=O) groups excluding carboxylic acids is 1. The lowest BCUT2D eigenvalue weighted by Gasteiger charge is -2.15. The Labute approximate surface area is 119 Å². The maximum Gasteiger partial charge on any atom is 0.573 e. The van der Waals surface area contributed by atoms with Crippen molar-refractivity contribution in [1.82, 2.24) is 10.6 Å². The number of β-amino-alcohol motifs (C(OH)–C–C–N with tert-alkyl or cyclic N) is 1. The Bertz CT molecular complexity index is 508. The number of ether oxygens (including phenoxy) is 1. The van der Waals surface area contributed by atoms with Gasteiger partial charge in [0.2, 0.25) is 5.91 Å². The van der Waals surface area contributed by atoms with Gasteiger partial charge in [0, 0.05) is 18.7 Å². The summed E-state index contributed by atoms with van der Waals surface area (Å²) in [6.07, 6.45) is -5.08. The molecule has 0 aromatic heterocycles. The first kappa shape index (κ1) is 15.6. The second-order valence-electron chi connectivity index (χ2n) is 4.72. The van der Waals surface area contributed by atoms with Crippen LogP contribution in [0.5, 0.6) is 5.75 Å². The SMILES string of the molecule is O=C(NCc1ccccc1OC(F)(F)F)C1CC(O)CN1. The summed E-state index contributed by atoms with van der Waals surface area (Å²) in [5, 5.41) is 14.7. The van der Waals surface area contributed by atoms with Crippen molar-refractivity contribution in [2.24, 2.45) is 0 Å². The summed E-state index contributed by atoms with van der Waals surface area (Å²) in [5.41, 5.74) is 0.224. The molecule has 1 amide bonds. The van der Waals surface area contributed by atoms with E-state index in [0.29, 0.717) is 6.54 Å². The normalized spacial score (nSPS) is 22.1. The number of rotatable bonds is 4. The van der Waals surface area contributed by atoms with E-state index in [1.165, 1.54) is 18.2 Å². The number of halogens is 3. The maximum atomic E-state index is 12.3. The van der Waals surface area contributed by atoms with Crippen LogP contribution in [0.15, 0.2) is 24.3 Å². The van der Waals surface area contributed by atoms with Crippen molar-refractivity contribution in [2.45, 2.75) is 31.5 Å². The summed E-state index contributed by atoms with van der Waals surface area (Å²) >= 11 is 0. The van der Waals surface area contributed by atoms with E-state index in [1.54, 1.807) is 6.07 Å². The van der Waals surface area contributed by atoms with Gasteiger partial charge in [-0.05, 0) is 12.5 Å². The zero-order chi connectivity index (χ0) is 15.5. The predicted octanol–water partition coefficient (Wildman–Crippen LogP) is 0.924. The van der Waals surface area contributed by atoms with Crippen LogP contribution in [-0.4, -0.2) is 36.1 Å². The third-order valence-corrected chi connectivity index (χ3v) is 3.08. The van der Waals surface area contributed by atoms with Crippen LogP contribution in [0.1, 0.15) is 12.0 Å². The molecule has 3 N–H and O–H groups in total. The van der Waals surface area contributed by atoms with Gasteiger partial charge >= 0.3 is 6.36 Å². The molecular weight excluding hydrogens is 289 g/mol. The largest absolute Gasteiger partial charge is 0.573 e. The van der Waals surface area contributed by atoms with Gasteiger partial charge in [0.15, 0.2) is 0 Å². The molecule has 1 aliphatic heterocycles. The highest BCUT2D eigenvalue weighted by molar-refractivity contribution is 5.82. The van der Waals surface area contributed by atoms with Gasteiger partial charge < -0.3 is 20.5 Å². The predicted molar refractivity (Wildman–Crippen MR) is 67.4 cm³/mol. The number of hydrogen-bond donors (Lipinski definition) is 3. The highest BCUT2D eigenvalue weighted by atomic mass is 19.4. The van der Waals surface area contributed by atoms with Crippen LogP contribution < -0.4 is 15.4 Å². The Hall–Kier alpha value is -1.80. The number of benzene rings is 1. The Morgan fingerprint density at radius 2 is 2.14 bits per heavy atom. The summed E-state index contributed by atoms with van der Waals surface area (Å²) in [6, 6.07) is 5.07. The molecule has 0 radical (unpaired) electrons. The van der Waals surface area contributed by atoms with E-state index in [2.05, 4.69) is 15.4 Å². The molecular formula is C13H15F3N2O3. The van der Waals surface area contributed by atoms with Crippen molar-refractivity contribution in [3.8, 4) is 5.75 Å². The zero-order valence-corrected chi connectivity index (χ0v) is 11.0. The number of carbonyl (C=O) groups is 1. The first-order valence-electron chi connectivity index (χ1n) is 6.38. The van der Waals surface area contributed by atoms with Crippen LogP contribution in [0.4, 0.5) is 13.2 Å². The summed E-state index contributed by atoms with van der Waals surface area (Å²) in [4.78, 5) is 11.8. The quantitative estimate of drug-likeness (QED) is 0.774. The molecule has 1 heterocycles. The van der Waals surface area contributed by atoms with E-state index < -0.39 is 18.5 Å². The van der Waals surface area contributed by atoms with E-state index in [1.807, 2.05) is 0 Å². The molecule has 2 atom stereocenters. The van der Waals surface area contributed by atoms with Gasteiger partial charge in [-0.1, -0.05) is 18.2 Å². The Balaban J connectivity index is 1.95. The number of amides is 1. The molecule has 2 rings (SSSR count). The second-order valence-corrected chi connectivity index (χ2v) is 4.72. The summed E-state index contributed by atoms with van der Waals surface area (Å²) < 4.78 is 40.7. The van der Waals surface area contributed by atoms with Gasteiger partial charge in [-0.15, -0.1) is 13.2 Å². The van der Waals surface area contributed by atoms with Crippen molar-refractivity contribution >= 4 is 5.91 Å². The van der Waals surface area contributed by atoms with E-state index in [4.69, 9.17) is 0 Å². The fourth-order valence-corrected chi connectivity index (χ4v) is 2.10. The van der Waals surface area contributed by atoms with Gasteiger partial charge in [0.25, 0.3) is 0 Å². The van der Waals surface area contributed by atoms with E-state index in [-0.39, 0.29) is 30.2 Å². The molecule has 1 saturated heterocycles. The summed E-state index contributed by atoms with van der Waals surface area (Å²) in [5.74, 6) is -0.710. The third-order valence-electron chi connectivity index (χ3n) is 3.08. The molecule has 116 valence electrons. The Morgan fingerprint density at radius 3 is 2.76 bits per heavy atom. The van der Waals surface area contributed by atoms with Crippen molar-refractivity contribution < 1.29 is 27.8 Å². The Kier molecular flexibility index (Phi) is 4.69. The molecule has 1 aromatic carbocycles. The number of aliphatic hydroxyl groups excluding tert-OH is 1. The van der Waals surface area contributed by atoms with Gasteiger partial charge in [0.1, 0.15) is 5.75 Å². The molecule has 0 saturated carbocycles. The van der Waals surface area contributed by atoms with Crippen LogP contribution in [-0.2, 0) is 11.3 Å². The van der Waals surface area contributed by atoms with Crippen molar-refractivity contribution in [1.29, 1.82) is 0 Å². The van der Waals surface area contributed by atoms with Crippen molar-refractivity contribution in [3.63, 3.8) is 0 Å². The second kappa shape index (κ2) is 6.31. The van der Waals surface area contributed by atoms with Crippen LogP contribution >= 0.6 is 0 Å². The van der Waals surface area contributed by atoms with Gasteiger partial charge in [0.05, 0.1) is 12.1 Å². The van der Waals surface area contributed by atoms with Crippen molar-refractivity contribution in [2.75, 3.05) is 6.54 Å². The molecule has 21 heavy (non-hydrogen) atoms. The highest BCUT2D eigenvalue weighted by Crippen LogP contribution is 2.26. The zero-order valence-electron chi connectivity index (χ0n) is 11.0. The monoisotopic (exact) mass is 304 g/mol. The lowest BCUT2D eigenvalue weighted by molar-refractivity contribution is -0.274. The highest BCUT2D eigenvalue weighted by Gasteiger charge is 2.32. The smallest absolute Gasteiger partial charge is 0.405 e. The number of nitrogens with one attached hydrogen (secondary N) is 2. The first-order valence-corrected chi connectivity index (χ1v) is 6.38. The molecule has 1 fully saturated rings. The van der Waals surface area contributed by atoms with Gasteiger partial charge in [-0.25, -0.2) is 0 Å². The van der Waals surface area contributed by atoms with Gasteiger partial charge in [-0.2, -0.15) is 0 Å². The third kappa shape index (κ3) is 4.61. The number of aliphatic hydroxyl groups is 1. The molecule has 0 aliphatic carbocycles. The molecule has 8 heteroatoms. The maximum absolute atomic E-state index is 12.3. The number of alkyl halides is 3. The fraction of sp³-hybridized carbons (Fsp3) is 0.462. The minimum absolute atomic E-state index is 0.0840. The fourth-order valence-electron chi connectivity index (χ4n) is 2.10. The van der Waals surface area contributed by atoms with Crippen LogP contribution in [0.3, 0.4) is 0 Å². The summed E-state index contributed by atoms with van der Waals surface area (Å²) in [7, 11) is 0. The average molecular weight is 304 g/mol. The number of para-hydroxylation sites is 1. The molecule has 1 aliphatic rings. The van der Waals surface area contributed by atoms with Crippen molar-refractivity contribution in [3.05, 3.63) is 29.8 Å². The molecule has 0 spiro atoms. The first-order chi connectivity index (χ1) is 9.85. The topological polar surface area (TPSA) is 70.6 Å². The molecule has 5 nitrogen and oxygen atoms in total. The average Bonchev–Trinajstić information content (AvgIpc) is 2.82. The summed E-state index contributed by atoms with van der Waals surface area (Å²) in [6.45, 7) is 0.241. The van der Waals surface area contributed by atoms with Crippen LogP contribution in [0.25, 0.3) is 0 Å². The minimum atomic E-state index is -4.78. The minimum Gasteiger partial charge on any atom is -0.405 e. The lowest BCUT2D eigenvalue weighted by atomic mass is 10.1. The number of hydrogen-bond acceptors (Lipinski definition) is 4. The van der Waals surface area contributed by atoms with E-state index in [0.717, 1.165) is 0 Å². The van der Waals surface area contributed by atoms with Crippen LogP contribution in [0, 0.1) is 0 Å². The molecule has 2 unspecified atom stereocenters. The molecule has 0 bridgehead atoms. The van der Waals surface area contributed by atoms with E-state index >= 15 is 0 Å². The molecule has 1 aromatic rings. The lowest BCUT2D eigenvalue weighted by Crippen LogP contribution is -2.40. The standard InChI is InChI=1S/C13H15F3N2O3/c14-13(15,16)21-11-4-2-1-3-8(11)6-18-12(20)10-5-9(19)7-17-10/h1-4,9-10,17,19H,5-7H2,(H,18,20).